The van der Waals surface area contributed by atoms with Gasteiger partial charge in [0.05, 0.1) is 0 Å². The number of hydrogen-bond acceptors (Lipinski definition) is 1. The van der Waals surface area contributed by atoms with Crippen LogP contribution in [-0.2, 0) is 6.42 Å². The van der Waals surface area contributed by atoms with E-state index in [0.717, 1.165) is 17.9 Å². The van der Waals surface area contributed by atoms with E-state index in [0.29, 0.717) is 5.92 Å². The van der Waals surface area contributed by atoms with E-state index in [-0.39, 0.29) is 6.61 Å². The van der Waals surface area contributed by atoms with Crippen LogP contribution in [0.25, 0.3) is 0 Å². The van der Waals surface area contributed by atoms with Crippen LogP contribution in [0.2, 0.25) is 5.02 Å². The van der Waals surface area contributed by atoms with Gasteiger partial charge in [-0.05, 0) is 36.5 Å². The normalized spacial score (nSPS) is 12.6. The average Bonchev–Trinajstić information content (AvgIpc) is 2.39. The summed E-state index contributed by atoms with van der Waals surface area (Å²) in [4.78, 5) is 0. The number of benzene rings is 1. The maximum atomic E-state index is 9.42. The molecule has 0 aliphatic carbocycles. The van der Waals surface area contributed by atoms with Crippen molar-refractivity contribution in [3.63, 3.8) is 0 Å². The van der Waals surface area contributed by atoms with Gasteiger partial charge in [0.15, 0.2) is 0 Å². The molecule has 0 bridgehead atoms. The van der Waals surface area contributed by atoms with Crippen LogP contribution >= 0.6 is 11.6 Å². The molecule has 0 spiro atoms. The SMILES string of the molecule is CCCCCCCC(CO)Cc1ccc(Cl)cc1. The van der Waals surface area contributed by atoms with Gasteiger partial charge in [-0.25, -0.2) is 0 Å². The topological polar surface area (TPSA) is 20.2 Å². The molecule has 1 unspecified atom stereocenters. The van der Waals surface area contributed by atoms with Crippen LogP contribution in [0.3, 0.4) is 0 Å². The van der Waals surface area contributed by atoms with E-state index in [1.54, 1.807) is 0 Å². The van der Waals surface area contributed by atoms with Crippen LogP contribution in [0, 0.1) is 5.92 Å². The number of aliphatic hydroxyl groups is 1. The first-order chi connectivity index (χ1) is 8.76. The van der Waals surface area contributed by atoms with Crippen LogP contribution in [-0.4, -0.2) is 11.7 Å². The molecule has 1 aromatic rings. The second-order valence-corrected chi connectivity index (χ2v) is 5.52. The Hall–Kier alpha value is -0.530. The van der Waals surface area contributed by atoms with Gasteiger partial charge in [0.2, 0.25) is 0 Å². The lowest BCUT2D eigenvalue weighted by Crippen LogP contribution is -2.09. The highest BCUT2D eigenvalue weighted by atomic mass is 35.5. The summed E-state index contributed by atoms with van der Waals surface area (Å²) in [5.74, 6) is 0.396. The fourth-order valence-corrected chi connectivity index (χ4v) is 2.37. The fraction of sp³-hybridized carbons (Fsp3) is 0.625. The molecule has 0 aliphatic rings. The Kier molecular flexibility index (Phi) is 8.11. The Morgan fingerprint density at radius 2 is 1.72 bits per heavy atom. The molecule has 1 rings (SSSR count). The summed E-state index contributed by atoms with van der Waals surface area (Å²) in [5, 5.41) is 10.2. The standard InChI is InChI=1S/C16H25ClO/c1-2-3-4-5-6-7-15(13-18)12-14-8-10-16(17)11-9-14/h8-11,15,18H,2-7,12-13H2,1H3. The third-order valence-corrected chi connectivity index (χ3v) is 3.66. The van der Waals surface area contributed by atoms with Gasteiger partial charge in [0.1, 0.15) is 0 Å². The van der Waals surface area contributed by atoms with Crippen LogP contribution in [0.5, 0.6) is 0 Å². The number of aliphatic hydroxyl groups excluding tert-OH is 1. The molecule has 0 saturated heterocycles. The number of rotatable bonds is 9. The Morgan fingerprint density at radius 3 is 2.33 bits per heavy atom. The van der Waals surface area contributed by atoms with Crippen molar-refractivity contribution in [1.82, 2.24) is 0 Å². The van der Waals surface area contributed by atoms with Gasteiger partial charge in [-0.1, -0.05) is 62.8 Å². The first kappa shape index (κ1) is 15.5. The molecule has 0 aliphatic heterocycles. The van der Waals surface area contributed by atoms with Gasteiger partial charge in [0.25, 0.3) is 0 Å². The van der Waals surface area contributed by atoms with Crippen LogP contribution in [0.1, 0.15) is 51.0 Å². The molecule has 0 fully saturated rings. The molecule has 1 nitrogen and oxygen atoms in total. The lowest BCUT2D eigenvalue weighted by Gasteiger charge is -2.14. The molecule has 0 aromatic heterocycles. The third kappa shape index (κ3) is 6.42. The summed E-state index contributed by atoms with van der Waals surface area (Å²) in [6.45, 7) is 2.52. The highest BCUT2D eigenvalue weighted by molar-refractivity contribution is 6.30. The van der Waals surface area contributed by atoms with Crippen molar-refractivity contribution >= 4 is 11.6 Å². The van der Waals surface area contributed by atoms with Crippen molar-refractivity contribution in [1.29, 1.82) is 0 Å². The number of halogens is 1. The van der Waals surface area contributed by atoms with E-state index in [2.05, 4.69) is 19.1 Å². The predicted molar refractivity (Wildman–Crippen MR) is 79.1 cm³/mol. The summed E-state index contributed by atoms with van der Waals surface area (Å²) < 4.78 is 0. The Bertz CT molecular complexity index is 307. The van der Waals surface area contributed by atoms with Crippen molar-refractivity contribution in [3.05, 3.63) is 34.9 Å². The smallest absolute Gasteiger partial charge is 0.0462 e. The molecule has 1 aromatic carbocycles. The number of unbranched alkanes of at least 4 members (excludes halogenated alkanes) is 4. The van der Waals surface area contributed by atoms with E-state index >= 15 is 0 Å². The summed E-state index contributed by atoms with van der Waals surface area (Å²) in [7, 11) is 0. The van der Waals surface area contributed by atoms with E-state index in [1.165, 1.54) is 37.7 Å². The van der Waals surface area contributed by atoms with E-state index in [9.17, 15) is 5.11 Å². The summed E-state index contributed by atoms with van der Waals surface area (Å²) in [6, 6.07) is 7.96. The molecule has 0 radical (unpaired) electrons. The number of hydrogen-bond donors (Lipinski definition) is 1. The summed E-state index contributed by atoms with van der Waals surface area (Å²) in [5.41, 5.74) is 1.27. The van der Waals surface area contributed by atoms with Crippen molar-refractivity contribution < 1.29 is 5.11 Å². The van der Waals surface area contributed by atoms with E-state index < -0.39 is 0 Å². The Morgan fingerprint density at radius 1 is 1.06 bits per heavy atom. The fourth-order valence-electron chi connectivity index (χ4n) is 2.25. The first-order valence-corrected chi connectivity index (χ1v) is 7.49. The van der Waals surface area contributed by atoms with Gasteiger partial charge < -0.3 is 5.11 Å². The Labute approximate surface area is 116 Å². The zero-order chi connectivity index (χ0) is 13.2. The minimum atomic E-state index is 0.288. The highest BCUT2D eigenvalue weighted by Crippen LogP contribution is 2.18. The minimum Gasteiger partial charge on any atom is -0.396 e. The molecule has 2 heteroatoms. The summed E-state index contributed by atoms with van der Waals surface area (Å²) >= 11 is 5.86. The highest BCUT2D eigenvalue weighted by Gasteiger charge is 2.08. The lowest BCUT2D eigenvalue weighted by molar-refractivity contribution is 0.214. The first-order valence-electron chi connectivity index (χ1n) is 7.11. The van der Waals surface area contributed by atoms with Crippen LogP contribution in [0.15, 0.2) is 24.3 Å². The largest absolute Gasteiger partial charge is 0.396 e. The second kappa shape index (κ2) is 9.41. The van der Waals surface area contributed by atoms with Crippen LogP contribution in [0.4, 0.5) is 0 Å². The predicted octanol–water partition coefficient (Wildman–Crippen LogP) is 4.85. The molecule has 18 heavy (non-hydrogen) atoms. The van der Waals surface area contributed by atoms with E-state index in [1.807, 2.05) is 12.1 Å². The zero-order valence-corrected chi connectivity index (χ0v) is 12.1. The van der Waals surface area contributed by atoms with Crippen LogP contribution < -0.4 is 0 Å². The van der Waals surface area contributed by atoms with Crippen molar-refractivity contribution in [2.45, 2.75) is 51.9 Å². The van der Waals surface area contributed by atoms with Crippen molar-refractivity contribution in [2.75, 3.05) is 6.61 Å². The van der Waals surface area contributed by atoms with Gasteiger partial charge in [-0.15, -0.1) is 0 Å². The molecule has 0 saturated carbocycles. The van der Waals surface area contributed by atoms with Gasteiger partial charge in [0, 0.05) is 11.6 Å². The lowest BCUT2D eigenvalue weighted by atomic mass is 9.94. The molecular weight excluding hydrogens is 244 g/mol. The molecule has 1 N–H and O–H groups in total. The van der Waals surface area contributed by atoms with Crippen molar-refractivity contribution in [2.24, 2.45) is 5.92 Å². The monoisotopic (exact) mass is 268 g/mol. The quantitative estimate of drug-likeness (QED) is 0.635. The van der Waals surface area contributed by atoms with Crippen molar-refractivity contribution in [3.8, 4) is 0 Å². The molecular formula is C16H25ClO. The summed E-state index contributed by atoms with van der Waals surface area (Å²) in [6.07, 6.45) is 8.57. The second-order valence-electron chi connectivity index (χ2n) is 5.08. The van der Waals surface area contributed by atoms with Gasteiger partial charge in [-0.3, -0.25) is 0 Å². The van der Waals surface area contributed by atoms with Gasteiger partial charge >= 0.3 is 0 Å². The molecule has 102 valence electrons. The molecule has 1 atom stereocenters. The Balaban J connectivity index is 2.26. The zero-order valence-electron chi connectivity index (χ0n) is 11.4. The minimum absolute atomic E-state index is 0.288. The third-order valence-electron chi connectivity index (χ3n) is 3.41. The van der Waals surface area contributed by atoms with Gasteiger partial charge in [-0.2, -0.15) is 0 Å². The maximum absolute atomic E-state index is 9.42. The molecule has 0 heterocycles. The maximum Gasteiger partial charge on any atom is 0.0462 e. The molecule has 0 amide bonds. The van der Waals surface area contributed by atoms with E-state index in [4.69, 9.17) is 11.6 Å². The average molecular weight is 269 g/mol.